The molecular weight excluding hydrogens is 280 g/mol. The van der Waals surface area contributed by atoms with E-state index in [1.807, 2.05) is 26.0 Å². The van der Waals surface area contributed by atoms with Gasteiger partial charge >= 0.3 is 0 Å². The number of furan rings is 1. The minimum Gasteiger partial charge on any atom is -0.465 e. The number of hydrogen-bond donors (Lipinski definition) is 2. The molecule has 22 heavy (non-hydrogen) atoms. The monoisotopic (exact) mass is 298 g/mol. The third kappa shape index (κ3) is 4.09. The van der Waals surface area contributed by atoms with Crippen molar-refractivity contribution in [3.63, 3.8) is 0 Å². The van der Waals surface area contributed by atoms with E-state index in [4.69, 9.17) is 4.42 Å². The number of carbonyl (C=O) groups is 2. The molecule has 5 nitrogen and oxygen atoms in total. The minimum absolute atomic E-state index is 0.141. The number of carbonyl (C=O) groups excluding carboxylic acids is 2. The van der Waals surface area contributed by atoms with Gasteiger partial charge < -0.3 is 15.1 Å². The van der Waals surface area contributed by atoms with E-state index < -0.39 is 0 Å². The fourth-order valence-corrected chi connectivity index (χ4v) is 1.83. The Labute approximate surface area is 129 Å². The fraction of sp³-hybridized carbons (Fsp3) is 0.176. The molecular formula is C17H18N2O3. The lowest BCUT2D eigenvalue weighted by Gasteiger charge is -2.09. The summed E-state index contributed by atoms with van der Waals surface area (Å²) in [5, 5.41) is 5.29. The summed E-state index contributed by atoms with van der Waals surface area (Å²) < 4.78 is 5.19. The highest BCUT2D eigenvalue weighted by Crippen LogP contribution is 2.08. The number of nitrogens with one attached hydrogen (secondary N) is 2. The maximum Gasteiger partial charge on any atom is 0.267 e. The molecule has 0 aliphatic carbocycles. The molecule has 0 aliphatic heterocycles. The van der Waals surface area contributed by atoms with E-state index in [9.17, 15) is 9.59 Å². The van der Waals surface area contributed by atoms with Crippen molar-refractivity contribution >= 4 is 17.9 Å². The number of rotatable bonds is 5. The zero-order chi connectivity index (χ0) is 15.9. The van der Waals surface area contributed by atoms with Crippen LogP contribution in [-0.4, -0.2) is 18.4 Å². The summed E-state index contributed by atoms with van der Waals surface area (Å²) in [6, 6.07) is 10.5. The molecule has 0 atom stereocenters. The van der Waals surface area contributed by atoms with Crippen molar-refractivity contribution in [2.24, 2.45) is 0 Å². The van der Waals surface area contributed by atoms with Crippen LogP contribution >= 0.6 is 0 Å². The molecule has 1 aromatic heterocycles. The van der Waals surface area contributed by atoms with Crippen LogP contribution in [0.15, 0.2) is 52.8 Å². The topological polar surface area (TPSA) is 71.3 Å². The van der Waals surface area contributed by atoms with Crippen LogP contribution in [0.25, 0.3) is 6.08 Å². The Morgan fingerprint density at radius 3 is 2.50 bits per heavy atom. The maximum atomic E-state index is 12.2. The summed E-state index contributed by atoms with van der Waals surface area (Å²) in [7, 11) is 0. The van der Waals surface area contributed by atoms with Gasteiger partial charge in [0.05, 0.1) is 6.26 Å². The number of likely N-dealkylation sites (N-methyl/N-ethyl adjacent to an activating group) is 1. The van der Waals surface area contributed by atoms with Gasteiger partial charge in [0.15, 0.2) is 0 Å². The SMILES string of the molecule is CCNC(=O)C(=Cc1ccco1)NC(=O)c1ccc(C)cc1. The zero-order valence-electron chi connectivity index (χ0n) is 12.6. The Balaban J connectivity index is 2.20. The van der Waals surface area contributed by atoms with Gasteiger partial charge in [-0.05, 0) is 38.1 Å². The average molecular weight is 298 g/mol. The number of amides is 2. The largest absolute Gasteiger partial charge is 0.465 e. The van der Waals surface area contributed by atoms with Gasteiger partial charge in [-0.15, -0.1) is 0 Å². The van der Waals surface area contributed by atoms with E-state index in [1.165, 1.54) is 12.3 Å². The first-order valence-corrected chi connectivity index (χ1v) is 7.01. The summed E-state index contributed by atoms with van der Waals surface area (Å²) in [6.45, 7) is 4.22. The fourth-order valence-electron chi connectivity index (χ4n) is 1.83. The van der Waals surface area contributed by atoms with Crippen LogP contribution in [0, 0.1) is 6.92 Å². The second-order valence-corrected chi connectivity index (χ2v) is 4.75. The minimum atomic E-state index is -0.362. The van der Waals surface area contributed by atoms with E-state index >= 15 is 0 Å². The van der Waals surface area contributed by atoms with E-state index in [0.29, 0.717) is 17.9 Å². The third-order valence-corrected chi connectivity index (χ3v) is 2.97. The highest BCUT2D eigenvalue weighted by Gasteiger charge is 2.14. The average Bonchev–Trinajstić information content (AvgIpc) is 3.00. The van der Waals surface area contributed by atoms with Crippen LogP contribution in [0.2, 0.25) is 0 Å². The van der Waals surface area contributed by atoms with Gasteiger partial charge in [-0.1, -0.05) is 17.7 Å². The number of hydrogen-bond acceptors (Lipinski definition) is 3. The lowest BCUT2D eigenvalue weighted by Crippen LogP contribution is -2.34. The Kier molecular flexibility index (Phi) is 5.14. The molecule has 0 unspecified atom stereocenters. The van der Waals surface area contributed by atoms with Gasteiger partial charge in [0, 0.05) is 18.2 Å². The summed E-state index contributed by atoms with van der Waals surface area (Å²) in [4.78, 5) is 24.3. The first kappa shape index (κ1) is 15.6. The summed E-state index contributed by atoms with van der Waals surface area (Å²) in [5.74, 6) is -0.214. The molecule has 5 heteroatoms. The molecule has 0 spiro atoms. The summed E-state index contributed by atoms with van der Waals surface area (Å²) >= 11 is 0. The lowest BCUT2D eigenvalue weighted by atomic mass is 10.1. The van der Waals surface area contributed by atoms with Crippen LogP contribution in [0.5, 0.6) is 0 Å². The normalized spacial score (nSPS) is 11.1. The van der Waals surface area contributed by atoms with Crippen molar-refractivity contribution in [1.29, 1.82) is 0 Å². The zero-order valence-corrected chi connectivity index (χ0v) is 12.6. The molecule has 0 radical (unpaired) electrons. The Hall–Kier alpha value is -2.82. The van der Waals surface area contributed by atoms with Crippen molar-refractivity contribution in [1.82, 2.24) is 10.6 Å². The standard InChI is InChI=1S/C17H18N2O3/c1-3-18-17(21)15(11-14-5-4-10-22-14)19-16(20)13-8-6-12(2)7-9-13/h4-11H,3H2,1-2H3,(H,18,21)(H,19,20). The molecule has 2 N–H and O–H groups in total. The Morgan fingerprint density at radius 2 is 1.91 bits per heavy atom. The van der Waals surface area contributed by atoms with Crippen LogP contribution < -0.4 is 10.6 Å². The van der Waals surface area contributed by atoms with E-state index in [2.05, 4.69) is 10.6 Å². The van der Waals surface area contributed by atoms with E-state index in [-0.39, 0.29) is 17.5 Å². The van der Waals surface area contributed by atoms with E-state index in [1.54, 1.807) is 24.3 Å². The molecule has 0 saturated heterocycles. The van der Waals surface area contributed by atoms with Gasteiger partial charge in [0.2, 0.25) is 0 Å². The van der Waals surface area contributed by atoms with Gasteiger partial charge in [-0.3, -0.25) is 9.59 Å². The first-order valence-electron chi connectivity index (χ1n) is 7.01. The number of benzene rings is 1. The molecule has 2 amide bonds. The van der Waals surface area contributed by atoms with E-state index in [0.717, 1.165) is 5.56 Å². The number of aryl methyl sites for hydroxylation is 1. The van der Waals surface area contributed by atoms with Crippen LogP contribution in [0.3, 0.4) is 0 Å². The molecule has 1 aromatic carbocycles. The van der Waals surface area contributed by atoms with Crippen LogP contribution in [0.1, 0.15) is 28.6 Å². The van der Waals surface area contributed by atoms with Crippen molar-refractivity contribution in [2.75, 3.05) is 6.54 Å². The molecule has 2 rings (SSSR count). The second kappa shape index (κ2) is 7.26. The highest BCUT2D eigenvalue weighted by molar-refractivity contribution is 6.05. The van der Waals surface area contributed by atoms with Gasteiger partial charge in [0.25, 0.3) is 11.8 Å². The Morgan fingerprint density at radius 1 is 1.18 bits per heavy atom. The predicted octanol–water partition coefficient (Wildman–Crippen LogP) is 2.50. The van der Waals surface area contributed by atoms with Crippen molar-refractivity contribution in [2.45, 2.75) is 13.8 Å². The lowest BCUT2D eigenvalue weighted by molar-refractivity contribution is -0.117. The molecule has 0 aliphatic rings. The first-order chi connectivity index (χ1) is 10.6. The molecule has 2 aromatic rings. The predicted molar refractivity (Wildman–Crippen MR) is 84.0 cm³/mol. The van der Waals surface area contributed by atoms with Crippen molar-refractivity contribution < 1.29 is 14.0 Å². The van der Waals surface area contributed by atoms with Crippen LogP contribution in [-0.2, 0) is 4.79 Å². The molecule has 0 saturated carbocycles. The quantitative estimate of drug-likeness (QED) is 0.833. The molecule has 0 bridgehead atoms. The second-order valence-electron chi connectivity index (χ2n) is 4.75. The van der Waals surface area contributed by atoms with Crippen molar-refractivity contribution in [3.8, 4) is 0 Å². The maximum absolute atomic E-state index is 12.2. The van der Waals surface area contributed by atoms with Crippen LogP contribution in [0.4, 0.5) is 0 Å². The summed E-state index contributed by atoms with van der Waals surface area (Å²) in [5.41, 5.74) is 1.69. The van der Waals surface area contributed by atoms with Gasteiger partial charge in [-0.25, -0.2) is 0 Å². The van der Waals surface area contributed by atoms with Crippen molar-refractivity contribution in [3.05, 3.63) is 65.2 Å². The van der Waals surface area contributed by atoms with Gasteiger partial charge in [-0.2, -0.15) is 0 Å². The summed E-state index contributed by atoms with van der Waals surface area (Å²) in [6.07, 6.45) is 3.00. The van der Waals surface area contributed by atoms with Gasteiger partial charge in [0.1, 0.15) is 11.5 Å². The smallest absolute Gasteiger partial charge is 0.267 e. The highest BCUT2D eigenvalue weighted by atomic mass is 16.3. The molecule has 0 fully saturated rings. The third-order valence-electron chi connectivity index (χ3n) is 2.97. The molecule has 114 valence electrons. The Bertz CT molecular complexity index is 670. The molecule has 1 heterocycles.